The SMILES string of the molecule is CC=CN1CCN([C@H](CC2CC2)c2ccc([C@H](C)Nc3ncc4ccc(=O)n(C(C)C)c4n3)cc2)CC1. The molecule has 1 saturated heterocycles. The second-order valence-electron chi connectivity index (χ2n) is 10.9. The van der Waals surface area contributed by atoms with E-state index in [1.165, 1.54) is 30.4 Å². The van der Waals surface area contributed by atoms with E-state index < -0.39 is 0 Å². The molecule has 2 aromatic heterocycles. The number of allylic oxidation sites excluding steroid dienone is 1. The highest BCUT2D eigenvalue weighted by Crippen LogP contribution is 2.40. The lowest BCUT2D eigenvalue weighted by molar-refractivity contribution is 0.113. The molecule has 1 saturated carbocycles. The van der Waals surface area contributed by atoms with E-state index in [0.717, 1.165) is 37.5 Å². The zero-order chi connectivity index (χ0) is 25.9. The van der Waals surface area contributed by atoms with Gasteiger partial charge in [0.25, 0.3) is 5.56 Å². The Balaban J connectivity index is 1.31. The van der Waals surface area contributed by atoms with Crippen LogP contribution in [0.3, 0.4) is 0 Å². The van der Waals surface area contributed by atoms with Gasteiger partial charge in [-0.05, 0) is 63.4 Å². The average molecular weight is 501 g/mol. The van der Waals surface area contributed by atoms with Gasteiger partial charge in [-0.3, -0.25) is 14.3 Å². The molecule has 1 N–H and O–H groups in total. The molecule has 1 aliphatic heterocycles. The minimum atomic E-state index is -0.0419. The predicted molar refractivity (Wildman–Crippen MR) is 151 cm³/mol. The number of pyridine rings is 1. The number of fused-ring (bicyclic) bond motifs is 1. The van der Waals surface area contributed by atoms with E-state index in [1.54, 1.807) is 22.9 Å². The lowest BCUT2D eigenvalue weighted by Gasteiger charge is -2.39. The standard InChI is InChI=1S/C30H40N6O/c1-5-14-34-15-17-35(18-16-34)27(19-23-6-7-23)25-10-8-24(9-11-25)22(4)32-30-31-20-26-12-13-28(37)36(21(2)3)29(26)33-30/h5,8-14,20-23,27H,6-7,15-19H2,1-4H3,(H,31,32,33)/t22-,27+/m0/s1. The normalized spacial score (nSPS) is 18.6. The average Bonchev–Trinajstić information content (AvgIpc) is 3.72. The van der Waals surface area contributed by atoms with Gasteiger partial charge in [0.2, 0.25) is 5.95 Å². The first kappa shape index (κ1) is 25.5. The molecule has 3 heterocycles. The first-order valence-electron chi connectivity index (χ1n) is 13.8. The number of nitrogens with one attached hydrogen (secondary N) is 1. The summed E-state index contributed by atoms with van der Waals surface area (Å²) < 4.78 is 1.72. The Morgan fingerprint density at radius 2 is 1.70 bits per heavy atom. The van der Waals surface area contributed by atoms with E-state index in [-0.39, 0.29) is 17.6 Å². The number of rotatable bonds is 9. The Kier molecular flexibility index (Phi) is 7.60. The first-order valence-corrected chi connectivity index (χ1v) is 13.8. The minimum absolute atomic E-state index is 0.0265. The molecule has 0 spiro atoms. The summed E-state index contributed by atoms with van der Waals surface area (Å²) in [7, 11) is 0. The number of hydrogen-bond donors (Lipinski definition) is 1. The van der Waals surface area contributed by atoms with Gasteiger partial charge in [0, 0.05) is 55.9 Å². The summed E-state index contributed by atoms with van der Waals surface area (Å²) in [5.41, 5.74) is 3.25. The molecule has 1 aliphatic carbocycles. The maximum atomic E-state index is 12.4. The molecule has 0 radical (unpaired) electrons. The maximum Gasteiger partial charge on any atom is 0.252 e. The van der Waals surface area contributed by atoms with Crippen molar-refractivity contribution in [2.45, 2.75) is 65.1 Å². The van der Waals surface area contributed by atoms with Gasteiger partial charge in [-0.1, -0.05) is 43.2 Å². The minimum Gasteiger partial charge on any atom is -0.375 e. The van der Waals surface area contributed by atoms with E-state index in [0.29, 0.717) is 17.6 Å². The fourth-order valence-electron chi connectivity index (χ4n) is 5.47. The third-order valence-corrected chi connectivity index (χ3v) is 7.75. The molecule has 1 aromatic carbocycles. The van der Waals surface area contributed by atoms with Crippen molar-refractivity contribution in [2.24, 2.45) is 5.92 Å². The summed E-state index contributed by atoms with van der Waals surface area (Å²) in [4.78, 5) is 26.8. The second kappa shape index (κ2) is 11.1. The first-order chi connectivity index (χ1) is 17.9. The van der Waals surface area contributed by atoms with Crippen LogP contribution in [0.15, 0.2) is 59.7 Å². The highest BCUT2D eigenvalue weighted by Gasteiger charge is 2.31. The van der Waals surface area contributed by atoms with Crippen molar-refractivity contribution in [3.8, 4) is 0 Å². The van der Waals surface area contributed by atoms with E-state index in [2.05, 4.69) is 70.5 Å². The van der Waals surface area contributed by atoms with Crippen LogP contribution in [0.4, 0.5) is 5.95 Å². The maximum absolute atomic E-state index is 12.4. The van der Waals surface area contributed by atoms with Crippen molar-refractivity contribution in [1.29, 1.82) is 0 Å². The van der Waals surface area contributed by atoms with Gasteiger partial charge >= 0.3 is 0 Å². The van der Waals surface area contributed by atoms with Crippen LogP contribution in [0.25, 0.3) is 11.0 Å². The Hall–Kier alpha value is -3.19. The summed E-state index contributed by atoms with van der Waals surface area (Å²) in [5, 5.41) is 4.31. The summed E-state index contributed by atoms with van der Waals surface area (Å²) in [5.74, 6) is 1.42. The molecule has 2 aliphatic rings. The van der Waals surface area contributed by atoms with Gasteiger partial charge < -0.3 is 10.2 Å². The third kappa shape index (κ3) is 5.87. The lowest BCUT2D eigenvalue weighted by Crippen LogP contribution is -2.45. The van der Waals surface area contributed by atoms with Crippen LogP contribution in [0.5, 0.6) is 0 Å². The topological polar surface area (TPSA) is 66.3 Å². The van der Waals surface area contributed by atoms with Crippen molar-refractivity contribution in [1.82, 2.24) is 24.3 Å². The van der Waals surface area contributed by atoms with Gasteiger partial charge in [-0.15, -0.1) is 0 Å². The molecule has 0 amide bonds. The van der Waals surface area contributed by atoms with E-state index in [1.807, 2.05) is 13.8 Å². The van der Waals surface area contributed by atoms with Crippen LogP contribution < -0.4 is 10.9 Å². The van der Waals surface area contributed by atoms with E-state index >= 15 is 0 Å². The number of anilines is 1. The number of nitrogens with zero attached hydrogens (tertiary/aromatic N) is 5. The van der Waals surface area contributed by atoms with Crippen molar-refractivity contribution in [2.75, 3.05) is 31.5 Å². The Morgan fingerprint density at radius 3 is 2.35 bits per heavy atom. The number of hydrogen-bond acceptors (Lipinski definition) is 6. The molecule has 7 nitrogen and oxygen atoms in total. The van der Waals surface area contributed by atoms with Crippen LogP contribution in [0.1, 0.15) is 76.2 Å². The van der Waals surface area contributed by atoms with E-state index in [9.17, 15) is 4.79 Å². The van der Waals surface area contributed by atoms with Crippen molar-refractivity contribution >= 4 is 17.0 Å². The zero-order valence-corrected chi connectivity index (χ0v) is 22.6. The zero-order valence-electron chi connectivity index (χ0n) is 22.6. The van der Waals surface area contributed by atoms with Crippen LogP contribution in [-0.2, 0) is 0 Å². The Labute approximate surface area is 220 Å². The van der Waals surface area contributed by atoms with Gasteiger partial charge in [-0.25, -0.2) is 4.98 Å². The smallest absolute Gasteiger partial charge is 0.252 e. The molecule has 2 atom stereocenters. The Bertz CT molecular complexity index is 1290. The summed E-state index contributed by atoms with van der Waals surface area (Å²) in [6.45, 7) is 12.6. The molecular formula is C30H40N6O. The number of benzene rings is 1. The lowest BCUT2D eigenvalue weighted by atomic mass is 9.96. The molecule has 2 fully saturated rings. The fraction of sp³-hybridized carbons (Fsp3) is 0.500. The molecule has 7 heteroatoms. The highest BCUT2D eigenvalue weighted by atomic mass is 16.1. The van der Waals surface area contributed by atoms with Crippen molar-refractivity contribution in [3.05, 3.63) is 76.4 Å². The van der Waals surface area contributed by atoms with Crippen LogP contribution in [-0.4, -0.2) is 50.5 Å². The van der Waals surface area contributed by atoms with E-state index in [4.69, 9.17) is 4.98 Å². The largest absolute Gasteiger partial charge is 0.375 e. The molecule has 0 unspecified atom stereocenters. The van der Waals surface area contributed by atoms with Crippen LogP contribution >= 0.6 is 0 Å². The molecule has 37 heavy (non-hydrogen) atoms. The van der Waals surface area contributed by atoms with Crippen molar-refractivity contribution in [3.63, 3.8) is 0 Å². The Morgan fingerprint density at radius 1 is 1.00 bits per heavy atom. The van der Waals surface area contributed by atoms with Crippen LogP contribution in [0.2, 0.25) is 0 Å². The third-order valence-electron chi connectivity index (χ3n) is 7.75. The van der Waals surface area contributed by atoms with Gasteiger partial charge in [0.15, 0.2) is 0 Å². The molecule has 0 bridgehead atoms. The summed E-state index contributed by atoms with van der Waals surface area (Å²) in [6, 6.07) is 13.1. The molecule has 5 rings (SSSR count). The quantitative estimate of drug-likeness (QED) is 0.416. The molecule has 196 valence electrons. The summed E-state index contributed by atoms with van der Waals surface area (Å²) in [6.07, 6.45) is 10.2. The van der Waals surface area contributed by atoms with Crippen LogP contribution in [0, 0.1) is 5.92 Å². The second-order valence-corrected chi connectivity index (χ2v) is 10.9. The van der Waals surface area contributed by atoms with Crippen molar-refractivity contribution < 1.29 is 0 Å². The van der Waals surface area contributed by atoms with Gasteiger partial charge in [0.1, 0.15) is 5.65 Å². The highest BCUT2D eigenvalue weighted by molar-refractivity contribution is 5.75. The summed E-state index contributed by atoms with van der Waals surface area (Å²) >= 11 is 0. The van der Waals surface area contributed by atoms with Gasteiger partial charge in [0.05, 0.1) is 6.04 Å². The number of piperazine rings is 1. The molecule has 3 aromatic rings. The monoisotopic (exact) mass is 500 g/mol. The predicted octanol–water partition coefficient (Wildman–Crippen LogP) is 5.54. The fourth-order valence-corrected chi connectivity index (χ4v) is 5.47. The van der Waals surface area contributed by atoms with Gasteiger partial charge in [-0.2, -0.15) is 4.98 Å². The number of aromatic nitrogens is 3. The molecular weight excluding hydrogens is 460 g/mol.